The van der Waals surface area contributed by atoms with Gasteiger partial charge in [0.25, 0.3) is 0 Å². The van der Waals surface area contributed by atoms with Crippen molar-refractivity contribution in [3.63, 3.8) is 0 Å². The normalized spacial score (nSPS) is 12.7. The van der Waals surface area contributed by atoms with E-state index in [1.165, 1.54) is 11.8 Å². The summed E-state index contributed by atoms with van der Waals surface area (Å²) in [4.78, 5) is 28.4. The second-order valence-electron chi connectivity index (χ2n) is 6.97. The first-order chi connectivity index (χ1) is 13.9. The van der Waals surface area contributed by atoms with Gasteiger partial charge in [0.15, 0.2) is 0 Å². The lowest BCUT2D eigenvalue weighted by Crippen LogP contribution is -2.50. The zero-order chi connectivity index (χ0) is 21.2. The number of rotatable bonds is 10. The number of ether oxygens (including phenoxy) is 1. The summed E-state index contributed by atoms with van der Waals surface area (Å²) in [7, 11) is 1.62. The van der Waals surface area contributed by atoms with Crippen molar-refractivity contribution in [2.24, 2.45) is 0 Å². The smallest absolute Gasteiger partial charge is 0.242 e. The van der Waals surface area contributed by atoms with Gasteiger partial charge < -0.3 is 15.0 Å². The SMILES string of the molecule is CC[C@H](C)NC(=O)[C@@H](C)N(Cc1ccc(OC)cc1)C(=O)CSc1ccccc1. The molecule has 156 valence electrons. The first-order valence-electron chi connectivity index (χ1n) is 9.85. The summed E-state index contributed by atoms with van der Waals surface area (Å²) in [5, 5.41) is 2.98. The molecular formula is C23H30N2O3S. The quantitative estimate of drug-likeness (QED) is 0.594. The zero-order valence-corrected chi connectivity index (χ0v) is 18.4. The molecule has 6 heteroatoms. The number of hydrogen-bond donors (Lipinski definition) is 1. The lowest BCUT2D eigenvalue weighted by molar-refractivity contribution is -0.138. The molecule has 0 saturated heterocycles. The zero-order valence-electron chi connectivity index (χ0n) is 17.6. The predicted octanol–water partition coefficient (Wildman–Crippen LogP) is 4.12. The minimum atomic E-state index is -0.560. The Kier molecular flexibility index (Phi) is 9.06. The number of hydrogen-bond acceptors (Lipinski definition) is 4. The summed E-state index contributed by atoms with van der Waals surface area (Å²) in [5.41, 5.74) is 0.951. The van der Waals surface area contributed by atoms with Gasteiger partial charge in [-0.3, -0.25) is 9.59 Å². The maximum absolute atomic E-state index is 13.0. The maximum atomic E-state index is 13.0. The average molecular weight is 415 g/mol. The molecule has 0 spiro atoms. The van der Waals surface area contributed by atoms with Crippen LogP contribution in [0.5, 0.6) is 5.75 Å². The molecule has 0 aliphatic rings. The predicted molar refractivity (Wildman–Crippen MR) is 118 cm³/mol. The number of nitrogens with one attached hydrogen (secondary N) is 1. The van der Waals surface area contributed by atoms with Crippen LogP contribution in [-0.4, -0.2) is 41.7 Å². The van der Waals surface area contributed by atoms with Gasteiger partial charge in [0, 0.05) is 17.5 Å². The summed E-state index contributed by atoms with van der Waals surface area (Å²) >= 11 is 1.48. The van der Waals surface area contributed by atoms with E-state index in [1.54, 1.807) is 18.9 Å². The molecule has 0 aliphatic heterocycles. The van der Waals surface area contributed by atoms with Crippen LogP contribution in [0.4, 0.5) is 0 Å². The molecule has 5 nitrogen and oxygen atoms in total. The lowest BCUT2D eigenvalue weighted by Gasteiger charge is -2.29. The van der Waals surface area contributed by atoms with E-state index in [2.05, 4.69) is 5.32 Å². The highest BCUT2D eigenvalue weighted by Gasteiger charge is 2.26. The van der Waals surface area contributed by atoms with Crippen molar-refractivity contribution in [3.8, 4) is 5.75 Å². The number of thioether (sulfide) groups is 1. The Labute approximate surface area is 177 Å². The molecule has 0 radical (unpaired) electrons. The van der Waals surface area contributed by atoms with Crippen LogP contribution < -0.4 is 10.1 Å². The highest BCUT2D eigenvalue weighted by atomic mass is 32.2. The molecule has 2 rings (SSSR count). The number of benzene rings is 2. The maximum Gasteiger partial charge on any atom is 0.242 e. The van der Waals surface area contributed by atoms with Crippen LogP contribution in [0.3, 0.4) is 0 Å². The third-order valence-corrected chi connectivity index (χ3v) is 5.78. The summed E-state index contributed by atoms with van der Waals surface area (Å²) in [5.74, 6) is 0.836. The molecule has 0 saturated carbocycles. The van der Waals surface area contributed by atoms with Crippen LogP contribution in [0, 0.1) is 0 Å². The number of carbonyl (C=O) groups is 2. The molecular weight excluding hydrogens is 384 g/mol. The second-order valence-corrected chi connectivity index (χ2v) is 8.01. The number of nitrogens with zero attached hydrogens (tertiary/aromatic N) is 1. The van der Waals surface area contributed by atoms with Gasteiger partial charge in [0.2, 0.25) is 11.8 Å². The molecule has 2 amide bonds. The number of amides is 2. The Morgan fingerprint density at radius 3 is 2.31 bits per heavy atom. The summed E-state index contributed by atoms with van der Waals surface area (Å²) in [6, 6.07) is 16.9. The fourth-order valence-corrected chi connectivity index (χ4v) is 3.53. The molecule has 2 atom stereocenters. The molecule has 1 N–H and O–H groups in total. The van der Waals surface area contributed by atoms with E-state index in [1.807, 2.05) is 68.4 Å². The van der Waals surface area contributed by atoms with E-state index in [9.17, 15) is 9.59 Å². The largest absolute Gasteiger partial charge is 0.497 e. The summed E-state index contributed by atoms with van der Waals surface area (Å²) < 4.78 is 5.20. The minimum Gasteiger partial charge on any atom is -0.497 e. The Balaban J connectivity index is 2.13. The van der Waals surface area contributed by atoms with E-state index < -0.39 is 6.04 Å². The number of methoxy groups -OCH3 is 1. The Bertz CT molecular complexity index is 780. The van der Waals surface area contributed by atoms with Gasteiger partial charge in [0.05, 0.1) is 12.9 Å². The van der Waals surface area contributed by atoms with Crippen LogP contribution >= 0.6 is 11.8 Å². The van der Waals surface area contributed by atoms with Gasteiger partial charge in [-0.05, 0) is 50.1 Å². The van der Waals surface area contributed by atoms with Crippen molar-refractivity contribution < 1.29 is 14.3 Å². The third-order valence-electron chi connectivity index (χ3n) is 4.79. The molecule has 29 heavy (non-hydrogen) atoms. The van der Waals surface area contributed by atoms with Crippen molar-refractivity contribution in [2.75, 3.05) is 12.9 Å². The first kappa shape index (κ1) is 22.8. The van der Waals surface area contributed by atoms with Crippen LogP contribution in [0.25, 0.3) is 0 Å². The van der Waals surface area contributed by atoms with Crippen LogP contribution in [-0.2, 0) is 16.1 Å². The first-order valence-corrected chi connectivity index (χ1v) is 10.8. The van der Waals surface area contributed by atoms with Crippen LogP contribution in [0.1, 0.15) is 32.8 Å². The van der Waals surface area contributed by atoms with Crippen molar-refractivity contribution in [2.45, 2.75) is 50.7 Å². The van der Waals surface area contributed by atoms with Crippen molar-refractivity contribution in [1.82, 2.24) is 10.2 Å². The molecule has 0 heterocycles. The molecule has 2 aromatic rings. The van der Waals surface area contributed by atoms with Gasteiger partial charge in [-0.2, -0.15) is 0 Å². The monoisotopic (exact) mass is 414 g/mol. The van der Waals surface area contributed by atoms with Gasteiger partial charge in [-0.15, -0.1) is 11.8 Å². The van der Waals surface area contributed by atoms with Gasteiger partial charge in [-0.25, -0.2) is 0 Å². The number of carbonyl (C=O) groups excluding carboxylic acids is 2. The Hall–Kier alpha value is -2.47. The highest BCUT2D eigenvalue weighted by Crippen LogP contribution is 2.20. The minimum absolute atomic E-state index is 0.0681. The summed E-state index contributed by atoms with van der Waals surface area (Å²) in [6.45, 7) is 6.14. The Morgan fingerprint density at radius 1 is 1.07 bits per heavy atom. The van der Waals surface area contributed by atoms with E-state index in [-0.39, 0.29) is 23.6 Å². The van der Waals surface area contributed by atoms with Crippen LogP contribution in [0.15, 0.2) is 59.5 Å². The lowest BCUT2D eigenvalue weighted by atomic mass is 10.1. The second kappa shape index (κ2) is 11.5. The molecule has 0 unspecified atom stereocenters. The van der Waals surface area contributed by atoms with Gasteiger partial charge in [-0.1, -0.05) is 37.3 Å². The standard InChI is InChI=1S/C23H30N2O3S/c1-5-17(2)24-23(27)18(3)25(15-19-11-13-20(28-4)14-12-19)22(26)16-29-21-9-7-6-8-10-21/h6-14,17-18H,5,15-16H2,1-4H3,(H,24,27)/t17-,18+/m0/s1. The molecule has 2 aromatic carbocycles. The average Bonchev–Trinajstić information content (AvgIpc) is 2.76. The van der Waals surface area contributed by atoms with E-state index >= 15 is 0 Å². The van der Waals surface area contributed by atoms with Gasteiger partial charge in [0.1, 0.15) is 11.8 Å². The topological polar surface area (TPSA) is 58.6 Å². The molecule has 0 aliphatic carbocycles. The Morgan fingerprint density at radius 2 is 1.72 bits per heavy atom. The van der Waals surface area contributed by atoms with Crippen molar-refractivity contribution >= 4 is 23.6 Å². The van der Waals surface area contributed by atoms with E-state index in [0.29, 0.717) is 6.54 Å². The highest BCUT2D eigenvalue weighted by molar-refractivity contribution is 8.00. The summed E-state index contributed by atoms with van der Waals surface area (Å²) in [6.07, 6.45) is 0.842. The third kappa shape index (κ3) is 7.13. The van der Waals surface area contributed by atoms with E-state index in [0.717, 1.165) is 22.6 Å². The fraction of sp³-hybridized carbons (Fsp3) is 0.391. The fourth-order valence-electron chi connectivity index (χ4n) is 2.72. The van der Waals surface area contributed by atoms with Crippen molar-refractivity contribution in [3.05, 3.63) is 60.2 Å². The van der Waals surface area contributed by atoms with E-state index in [4.69, 9.17) is 4.74 Å². The molecule has 0 aromatic heterocycles. The van der Waals surface area contributed by atoms with Gasteiger partial charge >= 0.3 is 0 Å². The van der Waals surface area contributed by atoms with Crippen molar-refractivity contribution in [1.29, 1.82) is 0 Å². The van der Waals surface area contributed by atoms with Crippen LogP contribution in [0.2, 0.25) is 0 Å². The molecule has 0 bridgehead atoms. The molecule has 0 fully saturated rings.